The van der Waals surface area contributed by atoms with Gasteiger partial charge >= 0.3 is 0 Å². The highest BCUT2D eigenvalue weighted by atomic mass is 16.5. The van der Waals surface area contributed by atoms with E-state index >= 15 is 0 Å². The van der Waals surface area contributed by atoms with Crippen LogP contribution in [0.25, 0.3) is 0 Å². The Morgan fingerprint density at radius 2 is 2.24 bits per heavy atom. The summed E-state index contributed by atoms with van der Waals surface area (Å²) in [6, 6.07) is 0. The Kier molecular flexibility index (Phi) is 4.80. The number of piperidine rings is 1. The molecule has 2 saturated heterocycles. The van der Waals surface area contributed by atoms with Crippen LogP contribution in [0.2, 0.25) is 0 Å². The van der Waals surface area contributed by atoms with Gasteiger partial charge in [0.2, 0.25) is 5.91 Å². The topological polar surface area (TPSA) is 41.6 Å². The van der Waals surface area contributed by atoms with Crippen molar-refractivity contribution in [3.63, 3.8) is 0 Å². The third kappa shape index (κ3) is 3.68. The van der Waals surface area contributed by atoms with Crippen molar-refractivity contribution in [2.45, 2.75) is 26.2 Å². The SMILES string of the molecule is CC(CC(=O)N1CCOCC1)C1CCCNC1. The number of carbonyl (C=O) groups excluding carboxylic acids is 1. The maximum absolute atomic E-state index is 12.1. The fourth-order valence-corrected chi connectivity index (χ4v) is 2.75. The van der Waals surface area contributed by atoms with Gasteiger partial charge in [-0.3, -0.25) is 4.79 Å². The van der Waals surface area contributed by atoms with E-state index in [1.54, 1.807) is 0 Å². The molecule has 4 heteroatoms. The summed E-state index contributed by atoms with van der Waals surface area (Å²) in [5.41, 5.74) is 0. The number of hydrogen-bond acceptors (Lipinski definition) is 3. The van der Waals surface area contributed by atoms with Gasteiger partial charge in [0, 0.05) is 19.5 Å². The molecule has 0 bridgehead atoms. The summed E-state index contributed by atoms with van der Waals surface area (Å²) in [5, 5.41) is 3.42. The molecule has 2 heterocycles. The molecule has 0 aromatic heterocycles. The number of ether oxygens (including phenoxy) is 1. The van der Waals surface area contributed by atoms with Crippen LogP contribution in [0.15, 0.2) is 0 Å². The number of carbonyl (C=O) groups is 1. The van der Waals surface area contributed by atoms with E-state index in [1.165, 1.54) is 12.8 Å². The molecular weight excluding hydrogens is 216 g/mol. The van der Waals surface area contributed by atoms with Crippen molar-refractivity contribution in [3.8, 4) is 0 Å². The molecule has 2 aliphatic rings. The van der Waals surface area contributed by atoms with Gasteiger partial charge in [-0.15, -0.1) is 0 Å². The van der Waals surface area contributed by atoms with Crippen molar-refractivity contribution >= 4 is 5.91 Å². The molecule has 4 nitrogen and oxygen atoms in total. The number of nitrogens with zero attached hydrogens (tertiary/aromatic N) is 1. The minimum absolute atomic E-state index is 0.311. The Morgan fingerprint density at radius 3 is 2.88 bits per heavy atom. The van der Waals surface area contributed by atoms with Crippen molar-refractivity contribution in [2.75, 3.05) is 39.4 Å². The summed E-state index contributed by atoms with van der Waals surface area (Å²) < 4.78 is 5.27. The first-order valence-corrected chi connectivity index (χ1v) is 6.83. The lowest BCUT2D eigenvalue weighted by molar-refractivity contribution is -0.136. The molecule has 0 radical (unpaired) electrons. The Bertz CT molecular complexity index is 246. The van der Waals surface area contributed by atoms with Crippen molar-refractivity contribution in [1.82, 2.24) is 10.2 Å². The Labute approximate surface area is 104 Å². The second-order valence-corrected chi connectivity index (χ2v) is 5.28. The molecular formula is C13H24N2O2. The average Bonchev–Trinajstić information content (AvgIpc) is 2.40. The van der Waals surface area contributed by atoms with Crippen LogP contribution in [-0.2, 0) is 9.53 Å². The Hall–Kier alpha value is -0.610. The molecule has 0 saturated carbocycles. The number of morpholine rings is 1. The molecule has 2 atom stereocenters. The maximum atomic E-state index is 12.1. The molecule has 2 rings (SSSR count). The van der Waals surface area contributed by atoms with Crippen LogP contribution in [0.3, 0.4) is 0 Å². The monoisotopic (exact) mass is 240 g/mol. The van der Waals surface area contributed by atoms with Crippen LogP contribution in [0.4, 0.5) is 0 Å². The highest BCUT2D eigenvalue weighted by Crippen LogP contribution is 2.23. The van der Waals surface area contributed by atoms with Gasteiger partial charge in [0.05, 0.1) is 13.2 Å². The highest BCUT2D eigenvalue weighted by molar-refractivity contribution is 5.76. The number of rotatable bonds is 3. The molecule has 1 amide bonds. The van der Waals surface area contributed by atoms with Gasteiger partial charge in [-0.05, 0) is 37.8 Å². The van der Waals surface area contributed by atoms with Gasteiger partial charge in [0.1, 0.15) is 0 Å². The maximum Gasteiger partial charge on any atom is 0.223 e. The lowest BCUT2D eigenvalue weighted by Crippen LogP contribution is -2.42. The van der Waals surface area contributed by atoms with Crippen LogP contribution in [0.5, 0.6) is 0 Å². The normalized spacial score (nSPS) is 27.8. The summed E-state index contributed by atoms with van der Waals surface area (Å²) in [4.78, 5) is 14.1. The van der Waals surface area contributed by atoms with Crippen LogP contribution in [0.1, 0.15) is 26.2 Å². The smallest absolute Gasteiger partial charge is 0.223 e. The summed E-state index contributed by atoms with van der Waals surface area (Å²) in [6.07, 6.45) is 3.22. The van der Waals surface area contributed by atoms with E-state index in [1.807, 2.05) is 4.90 Å². The van der Waals surface area contributed by atoms with Crippen molar-refractivity contribution in [2.24, 2.45) is 11.8 Å². The van der Waals surface area contributed by atoms with Crippen molar-refractivity contribution < 1.29 is 9.53 Å². The minimum atomic E-state index is 0.311. The molecule has 0 aliphatic carbocycles. The Morgan fingerprint density at radius 1 is 1.47 bits per heavy atom. The first-order valence-electron chi connectivity index (χ1n) is 6.83. The van der Waals surface area contributed by atoms with Gasteiger partial charge in [-0.1, -0.05) is 6.92 Å². The van der Waals surface area contributed by atoms with Gasteiger partial charge in [0.15, 0.2) is 0 Å². The van der Waals surface area contributed by atoms with Crippen LogP contribution in [0, 0.1) is 11.8 Å². The molecule has 0 spiro atoms. The minimum Gasteiger partial charge on any atom is -0.378 e. The molecule has 2 fully saturated rings. The third-order valence-corrected chi connectivity index (χ3v) is 4.00. The summed E-state index contributed by atoms with van der Waals surface area (Å²) in [5.74, 6) is 1.48. The molecule has 0 aromatic rings. The predicted octanol–water partition coefficient (Wildman–Crippen LogP) is 0.871. The van der Waals surface area contributed by atoms with E-state index in [0.29, 0.717) is 37.4 Å². The molecule has 17 heavy (non-hydrogen) atoms. The van der Waals surface area contributed by atoms with Crippen molar-refractivity contribution in [3.05, 3.63) is 0 Å². The molecule has 2 unspecified atom stereocenters. The lowest BCUT2D eigenvalue weighted by atomic mass is 9.85. The van der Waals surface area contributed by atoms with Crippen molar-refractivity contribution in [1.29, 1.82) is 0 Å². The average molecular weight is 240 g/mol. The number of amides is 1. The number of hydrogen-bond donors (Lipinski definition) is 1. The summed E-state index contributed by atoms with van der Waals surface area (Å²) >= 11 is 0. The zero-order chi connectivity index (χ0) is 12.1. The fourth-order valence-electron chi connectivity index (χ4n) is 2.75. The molecule has 2 aliphatic heterocycles. The zero-order valence-corrected chi connectivity index (χ0v) is 10.8. The van der Waals surface area contributed by atoms with Gasteiger partial charge in [0.25, 0.3) is 0 Å². The van der Waals surface area contributed by atoms with E-state index in [2.05, 4.69) is 12.2 Å². The molecule has 98 valence electrons. The van der Waals surface area contributed by atoms with E-state index < -0.39 is 0 Å². The van der Waals surface area contributed by atoms with Gasteiger partial charge in [-0.25, -0.2) is 0 Å². The standard InChI is InChI=1S/C13H24N2O2/c1-11(12-3-2-4-14-10-12)9-13(16)15-5-7-17-8-6-15/h11-12,14H,2-10H2,1H3. The highest BCUT2D eigenvalue weighted by Gasteiger charge is 2.24. The summed E-state index contributed by atoms with van der Waals surface area (Å²) in [6.45, 7) is 7.38. The van der Waals surface area contributed by atoms with Crippen LogP contribution >= 0.6 is 0 Å². The van der Waals surface area contributed by atoms with E-state index in [9.17, 15) is 4.79 Å². The molecule has 1 N–H and O–H groups in total. The lowest BCUT2D eigenvalue weighted by Gasteiger charge is -2.31. The predicted molar refractivity (Wildman–Crippen MR) is 66.8 cm³/mol. The largest absolute Gasteiger partial charge is 0.378 e. The second-order valence-electron chi connectivity index (χ2n) is 5.28. The first-order chi connectivity index (χ1) is 8.27. The van der Waals surface area contributed by atoms with Crippen LogP contribution in [-0.4, -0.2) is 50.2 Å². The van der Waals surface area contributed by atoms with Crippen LogP contribution < -0.4 is 5.32 Å². The second kappa shape index (κ2) is 6.36. The number of nitrogens with one attached hydrogen (secondary N) is 1. The van der Waals surface area contributed by atoms with Gasteiger partial charge < -0.3 is 15.0 Å². The quantitative estimate of drug-likeness (QED) is 0.796. The molecule has 0 aromatic carbocycles. The first kappa shape index (κ1) is 12.8. The third-order valence-electron chi connectivity index (χ3n) is 4.00. The van der Waals surface area contributed by atoms with E-state index in [-0.39, 0.29) is 0 Å². The summed E-state index contributed by atoms with van der Waals surface area (Å²) in [7, 11) is 0. The zero-order valence-electron chi connectivity index (χ0n) is 10.8. The van der Waals surface area contributed by atoms with Gasteiger partial charge in [-0.2, -0.15) is 0 Å². The van der Waals surface area contributed by atoms with E-state index in [4.69, 9.17) is 4.74 Å². The van der Waals surface area contributed by atoms with E-state index in [0.717, 1.165) is 26.2 Å². The Balaban J connectivity index is 1.76. The fraction of sp³-hybridized carbons (Fsp3) is 0.923.